The van der Waals surface area contributed by atoms with Gasteiger partial charge in [-0.2, -0.15) is 0 Å². The third-order valence-electron chi connectivity index (χ3n) is 3.53. The van der Waals surface area contributed by atoms with Crippen LogP contribution in [0.4, 0.5) is 0 Å². The average Bonchev–Trinajstić information content (AvgIpc) is 2.81. The van der Waals surface area contributed by atoms with Crippen molar-refractivity contribution in [3.63, 3.8) is 0 Å². The molecule has 1 atom stereocenters. The summed E-state index contributed by atoms with van der Waals surface area (Å²) in [5, 5.41) is 5.81. The molecule has 0 radical (unpaired) electrons. The number of hydrogen-bond donors (Lipinski definition) is 1. The Morgan fingerprint density at radius 2 is 2.05 bits per heavy atom. The Morgan fingerprint density at radius 1 is 1.21 bits per heavy atom. The fourth-order valence-electron chi connectivity index (χ4n) is 2.55. The van der Waals surface area contributed by atoms with E-state index in [1.165, 1.54) is 21.6 Å². The summed E-state index contributed by atoms with van der Waals surface area (Å²) < 4.78 is 0. The zero-order valence-electron chi connectivity index (χ0n) is 12.1. The van der Waals surface area contributed by atoms with Crippen molar-refractivity contribution in [2.24, 2.45) is 0 Å². The third kappa shape index (κ3) is 3.92. The summed E-state index contributed by atoms with van der Waals surface area (Å²) in [5.41, 5.74) is 4.26. The molecule has 1 aromatic heterocycles. The number of aryl methyl sites for hydroxylation is 3. The topological polar surface area (TPSA) is 12.0 Å². The molecule has 1 N–H and O–H groups in total. The SMILES string of the molecule is CCNC(CCc1cccc(C)c1)c1ccsc1C. The number of benzene rings is 1. The lowest BCUT2D eigenvalue weighted by Crippen LogP contribution is -2.21. The van der Waals surface area contributed by atoms with Crippen molar-refractivity contribution in [3.8, 4) is 0 Å². The van der Waals surface area contributed by atoms with Gasteiger partial charge in [-0.15, -0.1) is 11.3 Å². The highest BCUT2D eigenvalue weighted by Crippen LogP contribution is 2.26. The Morgan fingerprint density at radius 3 is 2.68 bits per heavy atom. The highest BCUT2D eigenvalue weighted by atomic mass is 32.1. The minimum atomic E-state index is 0.483. The maximum absolute atomic E-state index is 3.62. The van der Waals surface area contributed by atoms with Crippen LogP contribution in [0.1, 0.15) is 41.0 Å². The Hall–Kier alpha value is -1.12. The highest BCUT2D eigenvalue weighted by Gasteiger charge is 2.13. The Balaban J connectivity index is 2.04. The molecular formula is C17H23NS. The molecule has 0 bridgehead atoms. The van der Waals surface area contributed by atoms with Crippen molar-refractivity contribution in [2.75, 3.05) is 6.54 Å². The number of hydrogen-bond acceptors (Lipinski definition) is 2. The van der Waals surface area contributed by atoms with Gasteiger partial charge in [-0.05, 0) is 55.8 Å². The molecule has 0 saturated carbocycles. The van der Waals surface area contributed by atoms with E-state index < -0.39 is 0 Å². The number of nitrogens with one attached hydrogen (secondary N) is 1. The van der Waals surface area contributed by atoms with E-state index in [2.05, 4.69) is 61.8 Å². The first-order valence-electron chi connectivity index (χ1n) is 7.03. The maximum atomic E-state index is 3.62. The molecule has 102 valence electrons. The zero-order chi connectivity index (χ0) is 13.7. The second-order valence-corrected chi connectivity index (χ2v) is 6.19. The fourth-order valence-corrected chi connectivity index (χ4v) is 3.31. The Labute approximate surface area is 120 Å². The van der Waals surface area contributed by atoms with E-state index in [4.69, 9.17) is 0 Å². The van der Waals surface area contributed by atoms with Crippen LogP contribution in [-0.2, 0) is 6.42 Å². The van der Waals surface area contributed by atoms with Gasteiger partial charge in [0.25, 0.3) is 0 Å². The summed E-state index contributed by atoms with van der Waals surface area (Å²) in [6, 6.07) is 11.6. The molecule has 0 saturated heterocycles. The molecule has 2 heteroatoms. The van der Waals surface area contributed by atoms with Gasteiger partial charge in [0, 0.05) is 10.9 Å². The number of rotatable bonds is 6. The average molecular weight is 273 g/mol. The van der Waals surface area contributed by atoms with Crippen LogP contribution < -0.4 is 5.32 Å². The van der Waals surface area contributed by atoms with Gasteiger partial charge < -0.3 is 5.32 Å². The molecule has 0 aliphatic carbocycles. The van der Waals surface area contributed by atoms with Gasteiger partial charge >= 0.3 is 0 Å². The predicted octanol–water partition coefficient (Wildman–Crippen LogP) is 4.65. The maximum Gasteiger partial charge on any atom is 0.0334 e. The van der Waals surface area contributed by atoms with Gasteiger partial charge in [0.1, 0.15) is 0 Å². The Kier molecular flexibility index (Phi) is 5.17. The van der Waals surface area contributed by atoms with Crippen LogP contribution in [0.2, 0.25) is 0 Å². The molecule has 0 spiro atoms. The van der Waals surface area contributed by atoms with Crippen molar-refractivity contribution in [2.45, 2.75) is 39.7 Å². The molecule has 1 aromatic carbocycles. The Bertz CT molecular complexity index is 515. The van der Waals surface area contributed by atoms with Crippen LogP contribution in [-0.4, -0.2) is 6.54 Å². The second-order valence-electron chi connectivity index (χ2n) is 5.07. The summed E-state index contributed by atoms with van der Waals surface area (Å²) in [7, 11) is 0. The van der Waals surface area contributed by atoms with Crippen LogP contribution in [0.3, 0.4) is 0 Å². The van der Waals surface area contributed by atoms with Crippen molar-refractivity contribution in [1.82, 2.24) is 5.32 Å². The van der Waals surface area contributed by atoms with E-state index in [-0.39, 0.29) is 0 Å². The van der Waals surface area contributed by atoms with E-state index in [1.807, 2.05) is 11.3 Å². The molecular weight excluding hydrogens is 250 g/mol. The van der Waals surface area contributed by atoms with Gasteiger partial charge in [0.05, 0.1) is 0 Å². The molecule has 0 aliphatic heterocycles. The first-order chi connectivity index (χ1) is 9.20. The van der Waals surface area contributed by atoms with Gasteiger partial charge in [-0.1, -0.05) is 36.8 Å². The summed E-state index contributed by atoms with van der Waals surface area (Å²) in [4.78, 5) is 1.44. The van der Waals surface area contributed by atoms with Crippen molar-refractivity contribution < 1.29 is 0 Å². The summed E-state index contributed by atoms with van der Waals surface area (Å²) in [5.74, 6) is 0. The molecule has 0 amide bonds. The lowest BCUT2D eigenvalue weighted by Gasteiger charge is -2.18. The van der Waals surface area contributed by atoms with Crippen molar-refractivity contribution in [1.29, 1.82) is 0 Å². The molecule has 19 heavy (non-hydrogen) atoms. The highest BCUT2D eigenvalue weighted by molar-refractivity contribution is 7.10. The summed E-state index contributed by atoms with van der Waals surface area (Å²) in [6.07, 6.45) is 2.30. The van der Waals surface area contributed by atoms with Gasteiger partial charge in [0.15, 0.2) is 0 Å². The third-order valence-corrected chi connectivity index (χ3v) is 4.39. The van der Waals surface area contributed by atoms with Crippen LogP contribution in [0.5, 0.6) is 0 Å². The zero-order valence-corrected chi connectivity index (χ0v) is 12.9. The molecule has 0 aliphatic rings. The predicted molar refractivity (Wildman–Crippen MR) is 85.0 cm³/mol. The van der Waals surface area contributed by atoms with Crippen molar-refractivity contribution in [3.05, 3.63) is 57.3 Å². The minimum absolute atomic E-state index is 0.483. The van der Waals surface area contributed by atoms with Crippen LogP contribution >= 0.6 is 11.3 Å². The lowest BCUT2D eigenvalue weighted by molar-refractivity contribution is 0.515. The van der Waals surface area contributed by atoms with Crippen molar-refractivity contribution >= 4 is 11.3 Å². The van der Waals surface area contributed by atoms with Gasteiger partial charge in [-0.25, -0.2) is 0 Å². The minimum Gasteiger partial charge on any atom is -0.310 e. The van der Waals surface area contributed by atoms with Gasteiger partial charge in [-0.3, -0.25) is 0 Å². The van der Waals surface area contributed by atoms with Crippen LogP contribution in [0, 0.1) is 13.8 Å². The first kappa shape index (κ1) is 14.3. The first-order valence-corrected chi connectivity index (χ1v) is 7.91. The molecule has 0 fully saturated rings. The number of thiophene rings is 1. The standard InChI is InChI=1S/C17H23NS/c1-4-18-17(16-10-11-19-14(16)3)9-8-15-7-5-6-13(2)12-15/h5-7,10-12,17-18H,4,8-9H2,1-3H3. The summed E-state index contributed by atoms with van der Waals surface area (Å²) >= 11 is 1.84. The molecule has 1 nitrogen and oxygen atoms in total. The molecule has 2 rings (SSSR count). The van der Waals surface area contributed by atoms with E-state index in [0.717, 1.165) is 19.4 Å². The van der Waals surface area contributed by atoms with E-state index in [1.54, 1.807) is 0 Å². The van der Waals surface area contributed by atoms with Gasteiger partial charge in [0.2, 0.25) is 0 Å². The summed E-state index contributed by atoms with van der Waals surface area (Å²) in [6.45, 7) is 7.58. The largest absolute Gasteiger partial charge is 0.310 e. The monoisotopic (exact) mass is 273 g/mol. The fraction of sp³-hybridized carbons (Fsp3) is 0.412. The molecule has 2 aromatic rings. The quantitative estimate of drug-likeness (QED) is 0.808. The van der Waals surface area contributed by atoms with E-state index in [0.29, 0.717) is 6.04 Å². The molecule has 1 unspecified atom stereocenters. The van der Waals surface area contributed by atoms with E-state index >= 15 is 0 Å². The van der Waals surface area contributed by atoms with E-state index in [9.17, 15) is 0 Å². The van der Waals surface area contributed by atoms with Crippen LogP contribution in [0.15, 0.2) is 35.7 Å². The normalized spacial score (nSPS) is 12.6. The molecule has 1 heterocycles. The smallest absolute Gasteiger partial charge is 0.0334 e. The second kappa shape index (κ2) is 6.88. The van der Waals surface area contributed by atoms with Crippen LogP contribution in [0.25, 0.3) is 0 Å². The lowest BCUT2D eigenvalue weighted by atomic mass is 9.99.